The smallest absolute Gasteiger partial charge is 0.326 e. The Hall–Kier alpha value is -1.89. The molecule has 2 atom stereocenters. The van der Waals surface area contributed by atoms with Gasteiger partial charge in [-0.3, -0.25) is 4.79 Å². The maximum Gasteiger partial charge on any atom is 0.326 e. The van der Waals surface area contributed by atoms with Crippen LogP contribution in [0.15, 0.2) is 12.5 Å². The minimum atomic E-state index is -1.11. The molecule has 1 aromatic heterocycles. The third-order valence-electron chi connectivity index (χ3n) is 2.75. The summed E-state index contributed by atoms with van der Waals surface area (Å²) in [6.45, 7) is 0.0341. The Kier molecular flexibility index (Phi) is 2.84. The van der Waals surface area contributed by atoms with E-state index in [1.54, 1.807) is 11.6 Å². The SMILES string of the molecule is Cn1cnc(C(=O)N2C[C@H](O)C[C@@H]2C(=O)O)c1. The third kappa shape index (κ3) is 2.14. The van der Waals surface area contributed by atoms with Gasteiger partial charge in [-0.05, 0) is 0 Å². The van der Waals surface area contributed by atoms with Gasteiger partial charge in [0.05, 0.1) is 12.4 Å². The van der Waals surface area contributed by atoms with Gasteiger partial charge in [0.2, 0.25) is 0 Å². The normalized spacial score (nSPS) is 24.0. The van der Waals surface area contributed by atoms with Crippen molar-refractivity contribution in [2.75, 3.05) is 6.54 Å². The summed E-state index contributed by atoms with van der Waals surface area (Å²) in [6, 6.07) is -0.973. The quantitative estimate of drug-likeness (QED) is 0.696. The number of likely N-dealkylation sites (tertiary alicyclic amines) is 1. The topological polar surface area (TPSA) is 95.7 Å². The summed E-state index contributed by atoms with van der Waals surface area (Å²) in [7, 11) is 1.72. The molecule has 1 aliphatic heterocycles. The molecule has 1 aromatic rings. The van der Waals surface area contributed by atoms with Gasteiger partial charge in [0.15, 0.2) is 0 Å². The Balaban J connectivity index is 2.21. The van der Waals surface area contributed by atoms with Crippen molar-refractivity contribution >= 4 is 11.9 Å². The van der Waals surface area contributed by atoms with Crippen molar-refractivity contribution in [1.82, 2.24) is 14.5 Å². The Bertz CT molecular complexity index is 456. The first-order valence-electron chi connectivity index (χ1n) is 5.19. The fourth-order valence-electron chi connectivity index (χ4n) is 1.94. The number of carbonyl (C=O) groups is 2. The Morgan fingerprint density at radius 1 is 1.53 bits per heavy atom. The minimum Gasteiger partial charge on any atom is -0.480 e. The summed E-state index contributed by atoms with van der Waals surface area (Å²) < 4.78 is 1.61. The van der Waals surface area contributed by atoms with Crippen LogP contribution in [0.5, 0.6) is 0 Å². The average molecular weight is 239 g/mol. The zero-order valence-corrected chi connectivity index (χ0v) is 9.28. The molecule has 0 aliphatic carbocycles. The standard InChI is InChI=1S/C10H13N3O4/c1-12-4-7(11-5-12)9(15)13-3-6(14)2-8(13)10(16)17/h4-6,8,14H,2-3H2,1H3,(H,16,17)/t6-,8-/m1/s1. The van der Waals surface area contributed by atoms with Crippen molar-refractivity contribution < 1.29 is 19.8 Å². The van der Waals surface area contributed by atoms with Crippen LogP contribution < -0.4 is 0 Å². The number of rotatable bonds is 2. The molecule has 1 aliphatic rings. The van der Waals surface area contributed by atoms with Crippen LogP contribution in [0.1, 0.15) is 16.9 Å². The maximum atomic E-state index is 12.0. The highest BCUT2D eigenvalue weighted by molar-refractivity contribution is 5.95. The summed E-state index contributed by atoms with van der Waals surface area (Å²) in [4.78, 5) is 28.0. The number of aliphatic carboxylic acids is 1. The number of aliphatic hydroxyl groups excluding tert-OH is 1. The minimum absolute atomic E-state index is 0.0341. The lowest BCUT2D eigenvalue weighted by Crippen LogP contribution is -2.40. The number of carboxylic acid groups (broad SMARTS) is 1. The molecule has 7 nitrogen and oxygen atoms in total. The molecule has 0 saturated carbocycles. The molecule has 2 rings (SSSR count). The summed E-state index contributed by atoms with van der Waals surface area (Å²) in [5.41, 5.74) is 0.188. The zero-order valence-electron chi connectivity index (χ0n) is 9.28. The van der Waals surface area contributed by atoms with Crippen LogP contribution in [0.2, 0.25) is 0 Å². The van der Waals surface area contributed by atoms with Crippen LogP contribution in [0.3, 0.4) is 0 Å². The number of carboxylic acids is 1. The fraction of sp³-hybridized carbons (Fsp3) is 0.500. The molecule has 0 aromatic carbocycles. The zero-order chi connectivity index (χ0) is 12.6. The lowest BCUT2D eigenvalue weighted by Gasteiger charge is -2.19. The molecule has 0 spiro atoms. The van der Waals surface area contributed by atoms with Gasteiger partial charge in [0, 0.05) is 26.2 Å². The third-order valence-corrected chi connectivity index (χ3v) is 2.75. The molecule has 92 valence electrons. The van der Waals surface area contributed by atoms with E-state index >= 15 is 0 Å². The van der Waals surface area contributed by atoms with E-state index in [0.29, 0.717) is 0 Å². The van der Waals surface area contributed by atoms with Gasteiger partial charge < -0.3 is 19.7 Å². The molecule has 1 fully saturated rings. The average Bonchev–Trinajstić information content (AvgIpc) is 2.83. The van der Waals surface area contributed by atoms with Gasteiger partial charge in [-0.15, -0.1) is 0 Å². The molecular formula is C10H13N3O4. The van der Waals surface area contributed by atoms with Crippen LogP contribution in [-0.2, 0) is 11.8 Å². The van der Waals surface area contributed by atoms with E-state index in [1.807, 2.05) is 0 Å². The first-order chi connectivity index (χ1) is 7.99. The number of β-amino-alcohol motifs (C(OH)–C–C–N with tert-alkyl or cyclic N) is 1. The number of imidazole rings is 1. The number of aliphatic hydroxyl groups is 1. The van der Waals surface area contributed by atoms with Gasteiger partial charge in [0.1, 0.15) is 11.7 Å². The van der Waals surface area contributed by atoms with Crippen molar-refractivity contribution in [3.05, 3.63) is 18.2 Å². The van der Waals surface area contributed by atoms with Crippen molar-refractivity contribution in [3.8, 4) is 0 Å². The number of hydrogen-bond donors (Lipinski definition) is 2. The Labute approximate surface area is 97.3 Å². The number of nitrogens with zero attached hydrogens (tertiary/aromatic N) is 3. The highest BCUT2D eigenvalue weighted by Gasteiger charge is 2.39. The maximum absolute atomic E-state index is 12.0. The largest absolute Gasteiger partial charge is 0.480 e. The van der Waals surface area contributed by atoms with E-state index in [4.69, 9.17) is 5.11 Å². The molecule has 1 saturated heterocycles. The summed E-state index contributed by atoms with van der Waals surface area (Å²) in [5, 5.41) is 18.4. The van der Waals surface area contributed by atoms with E-state index in [9.17, 15) is 14.7 Å². The monoisotopic (exact) mass is 239 g/mol. The van der Waals surface area contributed by atoms with Gasteiger partial charge in [-0.1, -0.05) is 0 Å². The summed E-state index contributed by atoms with van der Waals surface area (Å²) >= 11 is 0. The molecule has 7 heteroatoms. The second kappa shape index (κ2) is 4.17. The Morgan fingerprint density at radius 2 is 2.24 bits per heavy atom. The van der Waals surface area contributed by atoms with Gasteiger partial charge in [0.25, 0.3) is 5.91 Å². The first-order valence-corrected chi connectivity index (χ1v) is 5.19. The fourth-order valence-corrected chi connectivity index (χ4v) is 1.94. The molecule has 0 unspecified atom stereocenters. The van der Waals surface area contributed by atoms with Crippen LogP contribution >= 0.6 is 0 Å². The second-order valence-corrected chi connectivity index (χ2v) is 4.13. The number of hydrogen-bond acceptors (Lipinski definition) is 4. The predicted octanol–water partition coefficient (Wildman–Crippen LogP) is -0.920. The van der Waals surface area contributed by atoms with E-state index in [1.165, 1.54) is 12.5 Å². The Morgan fingerprint density at radius 3 is 2.76 bits per heavy atom. The van der Waals surface area contributed by atoms with E-state index in [0.717, 1.165) is 4.90 Å². The number of amides is 1. The number of aromatic nitrogens is 2. The highest BCUT2D eigenvalue weighted by Crippen LogP contribution is 2.20. The lowest BCUT2D eigenvalue weighted by atomic mass is 10.2. The van der Waals surface area contributed by atoms with E-state index < -0.39 is 24.0 Å². The first kappa shape index (κ1) is 11.6. The van der Waals surface area contributed by atoms with E-state index in [2.05, 4.69) is 4.98 Å². The summed E-state index contributed by atoms with van der Waals surface area (Å²) in [5.74, 6) is -1.57. The van der Waals surface area contributed by atoms with Gasteiger partial charge in [-0.25, -0.2) is 9.78 Å². The van der Waals surface area contributed by atoms with E-state index in [-0.39, 0.29) is 18.7 Å². The van der Waals surface area contributed by atoms with Gasteiger partial charge >= 0.3 is 5.97 Å². The highest BCUT2D eigenvalue weighted by atomic mass is 16.4. The van der Waals surface area contributed by atoms with Gasteiger partial charge in [-0.2, -0.15) is 0 Å². The predicted molar refractivity (Wildman–Crippen MR) is 56.3 cm³/mol. The van der Waals surface area contributed by atoms with Crippen LogP contribution in [0.25, 0.3) is 0 Å². The molecule has 2 heterocycles. The summed E-state index contributed by atoms with van der Waals surface area (Å²) in [6.07, 6.45) is 2.26. The molecular weight excluding hydrogens is 226 g/mol. The lowest BCUT2D eigenvalue weighted by molar-refractivity contribution is -0.141. The second-order valence-electron chi connectivity index (χ2n) is 4.13. The van der Waals surface area contributed by atoms with Crippen molar-refractivity contribution in [2.24, 2.45) is 7.05 Å². The van der Waals surface area contributed by atoms with Crippen LogP contribution in [-0.4, -0.2) is 55.2 Å². The van der Waals surface area contributed by atoms with Crippen molar-refractivity contribution in [3.63, 3.8) is 0 Å². The molecule has 17 heavy (non-hydrogen) atoms. The molecule has 0 bridgehead atoms. The van der Waals surface area contributed by atoms with Crippen molar-refractivity contribution in [1.29, 1.82) is 0 Å². The molecule has 1 amide bonds. The van der Waals surface area contributed by atoms with Crippen molar-refractivity contribution in [2.45, 2.75) is 18.6 Å². The molecule has 0 radical (unpaired) electrons. The number of aryl methyl sites for hydroxylation is 1. The van der Waals surface area contributed by atoms with Crippen LogP contribution in [0, 0.1) is 0 Å². The van der Waals surface area contributed by atoms with Crippen LogP contribution in [0.4, 0.5) is 0 Å². The number of carbonyl (C=O) groups excluding carboxylic acids is 1. The molecule has 2 N–H and O–H groups in total.